The van der Waals surface area contributed by atoms with Crippen molar-refractivity contribution in [2.75, 3.05) is 13.1 Å². The van der Waals surface area contributed by atoms with Crippen molar-refractivity contribution in [3.8, 4) is 17.0 Å². The summed E-state index contributed by atoms with van der Waals surface area (Å²) in [7, 11) is 0. The summed E-state index contributed by atoms with van der Waals surface area (Å²) in [5.74, 6) is 0.964. The van der Waals surface area contributed by atoms with E-state index in [4.69, 9.17) is 4.98 Å². The van der Waals surface area contributed by atoms with Crippen LogP contribution in [0.15, 0.2) is 15.9 Å². The number of phenols is 1. The Morgan fingerprint density at radius 2 is 1.56 bits per heavy atom. The summed E-state index contributed by atoms with van der Waals surface area (Å²) >= 11 is 5.53. The topological polar surface area (TPSA) is 45.2 Å². The Bertz CT molecular complexity index is 789. The predicted octanol–water partition coefficient (Wildman–Crippen LogP) is 6.34. The van der Waals surface area contributed by atoms with E-state index in [1.165, 1.54) is 5.01 Å². The average Bonchev–Trinajstić information content (AvgIpc) is 2.95. The molecule has 2 N–H and O–H groups in total. The van der Waals surface area contributed by atoms with Gasteiger partial charge in [-0.3, -0.25) is 0 Å². The highest BCUT2D eigenvalue weighted by atomic mass is 79.9. The third-order valence-electron chi connectivity index (χ3n) is 5.29. The van der Waals surface area contributed by atoms with Crippen molar-refractivity contribution in [3.05, 3.63) is 32.1 Å². The van der Waals surface area contributed by atoms with Crippen molar-refractivity contribution in [1.82, 2.24) is 10.3 Å². The van der Waals surface area contributed by atoms with Gasteiger partial charge in [-0.15, -0.1) is 11.3 Å². The van der Waals surface area contributed by atoms with Gasteiger partial charge in [0.25, 0.3) is 0 Å². The van der Waals surface area contributed by atoms with Crippen LogP contribution in [0.3, 0.4) is 0 Å². The van der Waals surface area contributed by atoms with E-state index in [2.05, 4.69) is 74.9 Å². The quantitative estimate of drug-likeness (QED) is 0.560. The minimum absolute atomic E-state index is 0.138. The number of nitrogens with one attached hydrogen (secondary N) is 1. The summed E-state index contributed by atoms with van der Waals surface area (Å²) in [6.07, 6.45) is 2.30. The third kappa shape index (κ3) is 4.41. The van der Waals surface area contributed by atoms with E-state index in [1.54, 1.807) is 11.3 Å². The number of phenolic OH excluding ortho intramolecular Hbond substituents is 1. The first-order valence-corrected chi connectivity index (χ1v) is 11.3. The first-order valence-electron chi connectivity index (χ1n) is 9.74. The molecule has 1 aliphatic rings. The first-order chi connectivity index (χ1) is 12.5. The molecular weight excluding hydrogens is 420 g/mol. The predicted molar refractivity (Wildman–Crippen MR) is 119 cm³/mol. The van der Waals surface area contributed by atoms with Gasteiger partial charge >= 0.3 is 0 Å². The fourth-order valence-electron chi connectivity index (χ4n) is 3.65. The van der Waals surface area contributed by atoms with E-state index in [0.29, 0.717) is 11.7 Å². The number of nitrogens with zero attached hydrogens (tertiary/aromatic N) is 1. The molecule has 1 fully saturated rings. The van der Waals surface area contributed by atoms with E-state index in [0.717, 1.165) is 52.1 Å². The van der Waals surface area contributed by atoms with Gasteiger partial charge in [0.1, 0.15) is 5.75 Å². The lowest BCUT2D eigenvalue weighted by molar-refractivity contribution is 0.423. The Morgan fingerprint density at radius 3 is 2.04 bits per heavy atom. The van der Waals surface area contributed by atoms with E-state index in [1.807, 2.05) is 0 Å². The highest BCUT2D eigenvalue weighted by Crippen LogP contribution is 2.44. The average molecular weight is 451 g/mol. The van der Waals surface area contributed by atoms with Gasteiger partial charge in [-0.05, 0) is 64.8 Å². The highest BCUT2D eigenvalue weighted by molar-refractivity contribution is 9.11. The monoisotopic (exact) mass is 450 g/mol. The van der Waals surface area contributed by atoms with Crippen LogP contribution in [0.25, 0.3) is 11.3 Å². The molecule has 0 saturated carbocycles. The normalized spacial score (nSPS) is 16.7. The molecule has 0 radical (unpaired) electrons. The van der Waals surface area contributed by atoms with Crippen molar-refractivity contribution in [3.63, 3.8) is 0 Å². The van der Waals surface area contributed by atoms with Crippen LogP contribution >= 0.6 is 27.3 Å². The van der Waals surface area contributed by atoms with Crippen molar-refractivity contribution in [2.24, 2.45) is 0 Å². The largest absolute Gasteiger partial charge is 0.507 e. The molecule has 5 heteroatoms. The molecule has 148 valence electrons. The van der Waals surface area contributed by atoms with E-state index >= 15 is 0 Å². The fraction of sp³-hybridized carbons (Fsp3) is 0.591. The standard InChI is InChI=1S/C22H31BrN2OS/c1-21(2,3)15-11-14(12-16(18(15)26)22(4,5)6)17-19(23)27-20(25-17)13-7-9-24-10-8-13/h11-13,24,26H,7-10H2,1-6H3. The van der Waals surface area contributed by atoms with Gasteiger partial charge in [0.2, 0.25) is 0 Å². The van der Waals surface area contributed by atoms with Crippen LogP contribution in [-0.4, -0.2) is 23.2 Å². The molecule has 0 unspecified atom stereocenters. The summed E-state index contributed by atoms with van der Waals surface area (Å²) in [5, 5.41) is 15.6. The van der Waals surface area contributed by atoms with Gasteiger partial charge in [0.05, 0.1) is 14.5 Å². The first kappa shape index (κ1) is 20.8. The molecule has 0 bridgehead atoms. The summed E-state index contributed by atoms with van der Waals surface area (Å²) < 4.78 is 1.08. The maximum absolute atomic E-state index is 11.0. The zero-order valence-electron chi connectivity index (χ0n) is 17.2. The van der Waals surface area contributed by atoms with Crippen molar-refractivity contribution in [1.29, 1.82) is 0 Å². The van der Waals surface area contributed by atoms with Crippen LogP contribution in [0.5, 0.6) is 5.75 Å². The number of hydrogen-bond acceptors (Lipinski definition) is 4. The van der Waals surface area contributed by atoms with Crippen molar-refractivity contribution < 1.29 is 5.11 Å². The minimum Gasteiger partial charge on any atom is -0.507 e. The molecule has 0 amide bonds. The van der Waals surface area contributed by atoms with Gasteiger partial charge in [0, 0.05) is 22.6 Å². The van der Waals surface area contributed by atoms with Gasteiger partial charge in [-0.1, -0.05) is 41.5 Å². The number of halogens is 1. The van der Waals surface area contributed by atoms with Crippen molar-refractivity contribution in [2.45, 2.75) is 71.1 Å². The Kier molecular flexibility index (Phi) is 5.77. The number of piperidine rings is 1. The van der Waals surface area contributed by atoms with E-state index in [-0.39, 0.29) is 10.8 Å². The molecule has 1 saturated heterocycles. The molecule has 1 aliphatic heterocycles. The van der Waals surface area contributed by atoms with Crippen LogP contribution in [-0.2, 0) is 10.8 Å². The lowest BCUT2D eigenvalue weighted by Crippen LogP contribution is -2.26. The molecule has 0 spiro atoms. The molecule has 3 nitrogen and oxygen atoms in total. The summed E-state index contributed by atoms with van der Waals surface area (Å²) in [5.41, 5.74) is 3.78. The third-order valence-corrected chi connectivity index (χ3v) is 7.16. The van der Waals surface area contributed by atoms with E-state index < -0.39 is 0 Å². The van der Waals surface area contributed by atoms with Crippen molar-refractivity contribution >= 4 is 27.3 Å². The highest BCUT2D eigenvalue weighted by Gasteiger charge is 2.28. The molecule has 27 heavy (non-hydrogen) atoms. The van der Waals surface area contributed by atoms with Crippen LogP contribution in [0, 0.1) is 0 Å². The lowest BCUT2D eigenvalue weighted by atomic mass is 9.78. The second-order valence-electron chi connectivity index (χ2n) is 9.62. The van der Waals surface area contributed by atoms with Crippen LogP contribution in [0.2, 0.25) is 0 Å². The lowest BCUT2D eigenvalue weighted by Gasteiger charge is -2.28. The van der Waals surface area contributed by atoms with Gasteiger partial charge in [-0.25, -0.2) is 4.98 Å². The number of aromatic hydroxyl groups is 1. The molecule has 0 atom stereocenters. The zero-order chi connectivity index (χ0) is 20.0. The second kappa shape index (κ2) is 7.49. The number of rotatable bonds is 2. The van der Waals surface area contributed by atoms with Gasteiger partial charge < -0.3 is 10.4 Å². The summed E-state index contributed by atoms with van der Waals surface area (Å²) in [6, 6.07) is 4.24. The van der Waals surface area contributed by atoms with Crippen LogP contribution in [0.4, 0.5) is 0 Å². The summed E-state index contributed by atoms with van der Waals surface area (Å²) in [6.45, 7) is 15.0. The molecule has 0 aliphatic carbocycles. The molecule has 1 aromatic carbocycles. The molecular formula is C22H31BrN2OS. The van der Waals surface area contributed by atoms with Gasteiger partial charge in [-0.2, -0.15) is 0 Å². The Labute approximate surface area is 175 Å². The Morgan fingerprint density at radius 1 is 1.04 bits per heavy atom. The SMILES string of the molecule is CC(C)(C)c1cc(-c2nc(C3CCNCC3)sc2Br)cc(C(C)(C)C)c1O. The Balaban J connectivity index is 2.13. The smallest absolute Gasteiger partial charge is 0.123 e. The van der Waals surface area contributed by atoms with Crippen LogP contribution < -0.4 is 5.32 Å². The molecule has 3 rings (SSSR count). The molecule has 1 aromatic heterocycles. The number of thiazole rings is 1. The van der Waals surface area contributed by atoms with E-state index in [9.17, 15) is 5.11 Å². The summed E-state index contributed by atoms with van der Waals surface area (Å²) in [4.78, 5) is 5.04. The Hall–Kier alpha value is -0.910. The second-order valence-corrected chi connectivity index (χ2v) is 12.0. The number of hydrogen-bond donors (Lipinski definition) is 2. The maximum Gasteiger partial charge on any atom is 0.123 e. The number of benzene rings is 1. The zero-order valence-corrected chi connectivity index (χ0v) is 19.6. The molecule has 2 heterocycles. The number of aromatic nitrogens is 1. The van der Waals surface area contributed by atoms with Crippen LogP contribution in [0.1, 0.15) is 76.4 Å². The minimum atomic E-state index is -0.138. The molecule has 2 aromatic rings. The fourth-order valence-corrected chi connectivity index (χ4v) is 5.45. The van der Waals surface area contributed by atoms with Gasteiger partial charge in [0.15, 0.2) is 0 Å². The maximum atomic E-state index is 11.0.